The van der Waals surface area contributed by atoms with Gasteiger partial charge in [-0.1, -0.05) is 36.6 Å². The second-order valence-corrected chi connectivity index (χ2v) is 8.20. The molecule has 1 saturated heterocycles. The van der Waals surface area contributed by atoms with Crippen LogP contribution in [0.2, 0.25) is 5.02 Å². The number of carbonyl (C=O) groups is 2. The SMILES string of the molecule is O=C(CN1CCN(C(=O)C2(c3ccc(Cl)cc3)CCCC2)CC1)c1ccco1. The summed E-state index contributed by atoms with van der Waals surface area (Å²) in [4.78, 5) is 29.8. The van der Waals surface area contributed by atoms with Gasteiger partial charge < -0.3 is 9.32 Å². The topological polar surface area (TPSA) is 53.8 Å². The van der Waals surface area contributed by atoms with Gasteiger partial charge in [0, 0.05) is 31.2 Å². The first kappa shape index (κ1) is 19.2. The third-order valence-corrected chi connectivity index (χ3v) is 6.34. The fourth-order valence-electron chi connectivity index (χ4n) is 4.50. The highest BCUT2D eigenvalue weighted by molar-refractivity contribution is 6.30. The molecule has 0 spiro atoms. The van der Waals surface area contributed by atoms with Crippen molar-refractivity contribution in [2.75, 3.05) is 32.7 Å². The van der Waals surface area contributed by atoms with Gasteiger partial charge in [-0.25, -0.2) is 0 Å². The number of amides is 1. The lowest BCUT2D eigenvalue weighted by atomic mass is 9.77. The summed E-state index contributed by atoms with van der Waals surface area (Å²) in [5, 5.41) is 0.694. The summed E-state index contributed by atoms with van der Waals surface area (Å²) in [6.07, 6.45) is 5.45. The van der Waals surface area contributed by atoms with E-state index in [-0.39, 0.29) is 11.7 Å². The van der Waals surface area contributed by atoms with Gasteiger partial charge in [0.25, 0.3) is 0 Å². The number of ketones is 1. The van der Waals surface area contributed by atoms with E-state index in [0.29, 0.717) is 43.5 Å². The highest BCUT2D eigenvalue weighted by Crippen LogP contribution is 2.43. The summed E-state index contributed by atoms with van der Waals surface area (Å²) >= 11 is 6.05. The summed E-state index contributed by atoms with van der Waals surface area (Å²) in [6, 6.07) is 11.2. The summed E-state index contributed by atoms with van der Waals surface area (Å²) in [7, 11) is 0. The van der Waals surface area contributed by atoms with Gasteiger partial charge in [-0.2, -0.15) is 0 Å². The quantitative estimate of drug-likeness (QED) is 0.717. The van der Waals surface area contributed by atoms with Crippen molar-refractivity contribution in [3.63, 3.8) is 0 Å². The molecule has 5 nitrogen and oxygen atoms in total. The van der Waals surface area contributed by atoms with Crippen LogP contribution in [0.5, 0.6) is 0 Å². The van der Waals surface area contributed by atoms with E-state index in [1.54, 1.807) is 12.1 Å². The van der Waals surface area contributed by atoms with E-state index in [1.165, 1.54) is 6.26 Å². The molecule has 1 aromatic heterocycles. The van der Waals surface area contributed by atoms with Crippen molar-refractivity contribution < 1.29 is 14.0 Å². The van der Waals surface area contributed by atoms with E-state index in [1.807, 2.05) is 29.2 Å². The first-order valence-corrected chi connectivity index (χ1v) is 10.3. The molecule has 0 atom stereocenters. The summed E-state index contributed by atoms with van der Waals surface area (Å²) < 4.78 is 5.18. The molecule has 0 unspecified atom stereocenters. The Morgan fingerprint density at radius 1 is 1.00 bits per heavy atom. The van der Waals surface area contributed by atoms with E-state index in [4.69, 9.17) is 16.0 Å². The fraction of sp³-hybridized carbons (Fsp3) is 0.455. The van der Waals surface area contributed by atoms with Crippen LogP contribution in [0.15, 0.2) is 47.1 Å². The average molecular weight is 401 g/mol. The van der Waals surface area contributed by atoms with Gasteiger partial charge in [-0.3, -0.25) is 14.5 Å². The smallest absolute Gasteiger partial charge is 0.233 e. The van der Waals surface area contributed by atoms with Crippen molar-refractivity contribution in [2.45, 2.75) is 31.1 Å². The number of nitrogens with zero attached hydrogens (tertiary/aromatic N) is 2. The van der Waals surface area contributed by atoms with Gasteiger partial charge in [0.05, 0.1) is 18.2 Å². The number of hydrogen-bond donors (Lipinski definition) is 0. The van der Waals surface area contributed by atoms with Crippen molar-refractivity contribution in [2.24, 2.45) is 0 Å². The second-order valence-electron chi connectivity index (χ2n) is 7.76. The standard InChI is InChI=1S/C22H25ClN2O3/c23-18-7-5-17(6-8-18)22(9-1-2-10-22)21(27)25-13-11-24(12-14-25)16-19(26)20-4-3-15-28-20/h3-8,15H,1-2,9-14,16H2. The summed E-state index contributed by atoms with van der Waals surface area (Å²) in [5.74, 6) is 0.605. The van der Waals surface area contributed by atoms with Crippen LogP contribution in [0.25, 0.3) is 0 Å². The zero-order valence-corrected chi connectivity index (χ0v) is 16.7. The number of Topliss-reactive ketones (excluding diaryl/α,β-unsaturated/α-hetero) is 1. The third-order valence-electron chi connectivity index (χ3n) is 6.09. The zero-order valence-electron chi connectivity index (χ0n) is 15.9. The Labute approximate surface area is 170 Å². The molecule has 2 aliphatic rings. The molecule has 0 radical (unpaired) electrons. The molecule has 6 heteroatoms. The minimum atomic E-state index is -0.420. The van der Waals surface area contributed by atoms with Crippen molar-refractivity contribution in [1.29, 1.82) is 0 Å². The van der Waals surface area contributed by atoms with E-state index in [9.17, 15) is 9.59 Å². The predicted molar refractivity (Wildman–Crippen MR) is 108 cm³/mol. The van der Waals surface area contributed by atoms with Crippen molar-refractivity contribution in [3.05, 3.63) is 59.0 Å². The van der Waals surface area contributed by atoms with Crippen LogP contribution in [-0.2, 0) is 10.2 Å². The highest BCUT2D eigenvalue weighted by Gasteiger charge is 2.45. The van der Waals surface area contributed by atoms with Gasteiger partial charge in [0.2, 0.25) is 11.7 Å². The molecule has 1 saturated carbocycles. The van der Waals surface area contributed by atoms with Crippen LogP contribution >= 0.6 is 11.6 Å². The summed E-state index contributed by atoms with van der Waals surface area (Å²) in [6.45, 7) is 3.04. The predicted octanol–water partition coefficient (Wildman–Crippen LogP) is 3.77. The molecule has 1 aliphatic heterocycles. The molecule has 0 N–H and O–H groups in total. The molecular formula is C22H25ClN2O3. The van der Waals surface area contributed by atoms with Crippen LogP contribution in [0.4, 0.5) is 0 Å². The number of benzene rings is 1. The maximum absolute atomic E-state index is 13.5. The molecule has 4 rings (SSSR count). The van der Waals surface area contributed by atoms with E-state index >= 15 is 0 Å². The number of rotatable bonds is 5. The zero-order chi connectivity index (χ0) is 19.6. The second kappa shape index (κ2) is 8.10. The number of carbonyl (C=O) groups excluding carboxylic acids is 2. The molecule has 1 amide bonds. The molecule has 28 heavy (non-hydrogen) atoms. The van der Waals surface area contributed by atoms with Crippen molar-refractivity contribution in [1.82, 2.24) is 9.80 Å². The highest BCUT2D eigenvalue weighted by atomic mass is 35.5. The molecule has 2 fully saturated rings. The van der Waals surface area contributed by atoms with Crippen LogP contribution in [0, 0.1) is 0 Å². The van der Waals surface area contributed by atoms with Crippen molar-refractivity contribution >= 4 is 23.3 Å². The Morgan fingerprint density at radius 2 is 1.68 bits per heavy atom. The average Bonchev–Trinajstić information content (AvgIpc) is 3.41. The minimum absolute atomic E-state index is 0.0156. The monoisotopic (exact) mass is 400 g/mol. The van der Waals surface area contributed by atoms with Crippen LogP contribution in [0.1, 0.15) is 41.8 Å². The Bertz CT molecular complexity index is 818. The van der Waals surface area contributed by atoms with Gasteiger partial charge in [0.15, 0.2) is 5.76 Å². The number of halogens is 1. The molecule has 0 bridgehead atoms. The Balaban J connectivity index is 1.41. The van der Waals surface area contributed by atoms with Gasteiger partial charge >= 0.3 is 0 Å². The maximum Gasteiger partial charge on any atom is 0.233 e. The minimum Gasteiger partial charge on any atom is -0.461 e. The fourth-order valence-corrected chi connectivity index (χ4v) is 4.63. The maximum atomic E-state index is 13.5. The molecule has 1 aromatic carbocycles. The van der Waals surface area contributed by atoms with Crippen LogP contribution in [0.3, 0.4) is 0 Å². The van der Waals surface area contributed by atoms with Gasteiger partial charge in [-0.05, 0) is 42.7 Å². The Hall–Kier alpha value is -2.11. The van der Waals surface area contributed by atoms with E-state index in [0.717, 1.165) is 31.2 Å². The molecule has 2 heterocycles. The van der Waals surface area contributed by atoms with Crippen molar-refractivity contribution in [3.8, 4) is 0 Å². The van der Waals surface area contributed by atoms with E-state index < -0.39 is 5.41 Å². The number of hydrogen-bond acceptors (Lipinski definition) is 4. The largest absolute Gasteiger partial charge is 0.461 e. The van der Waals surface area contributed by atoms with Crippen LogP contribution in [-0.4, -0.2) is 54.2 Å². The normalized spacial score (nSPS) is 19.7. The molecule has 148 valence electrons. The van der Waals surface area contributed by atoms with Gasteiger partial charge in [-0.15, -0.1) is 0 Å². The number of furan rings is 1. The van der Waals surface area contributed by atoms with Gasteiger partial charge in [0.1, 0.15) is 0 Å². The molecular weight excluding hydrogens is 376 g/mol. The van der Waals surface area contributed by atoms with Crippen LogP contribution < -0.4 is 0 Å². The Morgan fingerprint density at radius 3 is 2.29 bits per heavy atom. The first-order valence-electron chi connectivity index (χ1n) is 9.93. The molecule has 1 aliphatic carbocycles. The summed E-state index contributed by atoms with van der Waals surface area (Å²) in [5.41, 5.74) is 0.659. The number of piperazine rings is 1. The lowest BCUT2D eigenvalue weighted by molar-refractivity contribution is -0.139. The van der Waals surface area contributed by atoms with E-state index in [2.05, 4.69) is 4.90 Å². The third kappa shape index (κ3) is 3.74. The lowest BCUT2D eigenvalue weighted by Crippen LogP contribution is -2.54. The molecule has 2 aromatic rings. The Kier molecular flexibility index (Phi) is 5.56. The lowest BCUT2D eigenvalue weighted by Gasteiger charge is -2.40. The first-order chi connectivity index (χ1) is 13.6.